The summed E-state index contributed by atoms with van der Waals surface area (Å²) in [6.07, 6.45) is 0. The summed E-state index contributed by atoms with van der Waals surface area (Å²) in [7, 11) is 1.55. The van der Waals surface area contributed by atoms with Crippen LogP contribution in [-0.2, 0) is 0 Å². The highest BCUT2D eigenvalue weighted by molar-refractivity contribution is 7.14. The first-order valence-corrected chi connectivity index (χ1v) is 8.83. The van der Waals surface area contributed by atoms with E-state index < -0.39 is 0 Å². The normalized spacial score (nSPS) is 10.3. The number of benzene rings is 2. The van der Waals surface area contributed by atoms with E-state index in [1.807, 2.05) is 48.7 Å². The third-order valence-electron chi connectivity index (χ3n) is 3.60. The van der Waals surface area contributed by atoms with E-state index in [0.717, 1.165) is 22.9 Å². The molecule has 5 nitrogen and oxygen atoms in total. The SMILES string of the molecule is CCNc1nc(-c2cccc(NC(=O)c3ccccc3OC)c2)cs1. The molecule has 0 saturated carbocycles. The average Bonchev–Trinajstić information content (AvgIpc) is 3.11. The standard InChI is InChI=1S/C19H19N3O2S/c1-3-20-19-22-16(12-25-19)13-7-6-8-14(11-13)21-18(23)15-9-4-5-10-17(15)24-2/h4-12H,3H2,1-2H3,(H,20,22)(H,21,23). The fourth-order valence-electron chi connectivity index (χ4n) is 2.43. The fraction of sp³-hybridized carbons (Fsp3) is 0.158. The van der Waals surface area contributed by atoms with Crippen LogP contribution in [0.2, 0.25) is 0 Å². The second-order valence-electron chi connectivity index (χ2n) is 5.30. The summed E-state index contributed by atoms with van der Waals surface area (Å²) < 4.78 is 5.25. The smallest absolute Gasteiger partial charge is 0.259 e. The first kappa shape index (κ1) is 17.0. The van der Waals surface area contributed by atoms with Gasteiger partial charge in [0.15, 0.2) is 5.13 Å². The van der Waals surface area contributed by atoms with Crippen molar-refractivity contribution in [2.75, 3.05) is 24.3 Å². The summed E-state index contributed by atoms with van der Waals surface area (Å²) in [5.74, 6) is 0.340. The summed E-state index contributed by atoms with van der Waals surface area (Å²) in [5.41, 5.74) is 3.05. The van der Waals surface area contributed by atoms with Crippen molar-refractivity contribution in [3.63, 3.8) is 0 Å². The molecule has 2 N–H and O–H groups in total. The van der Waals surface area contributed by atoms with E-state index in [-0.39, 0.29) is 5.91 Å². The van der Waals surface area contributed by atoms with Crippen LogP contribution in [0.5, 0.6) is 5.75 Å². The van der Waals surface area contributed by atoms with Gasteiger partial charge in [0.1, 0.15) is 5.75 Å². The molecular formula is C19H19N3O2S. The van der Waals surface area contributed by atoms with Gasteiger partial charge in [0.25, 0.3) is 5.91 Å². The van der Waals surface area contributed by atoms with Gasteiger partial charge < -0.3 is 15.4 Å². The molecule has 0 bridgehead atoms. The van der Waals surface area contributed by atoms with Crippen LogP contribution >= 0.6 is 11.3 Å². The zero-order valence-electron chi connectivity index (χ0n) is 14.1. The monoisotopic (exact) mass is 353 g/mol. The Morgan fingerprint density at radius 1 is 1.20 bits per heavy atom. The molecule has 25 heavy (non-hydrogen) atoms. The average molecular weight is 353 g/mol. The van der Waals surface area contributed by atoms with Crippen molar-refractivity contribution in [1.29, 1.82) is 0 Å². The molecule has 0 aliphatic rings. The number of rotatable bonds is 6. The quantitative estimate of drug-likeness (QED) is 0.685. The van der Waals surface area contributed by atoms with Gasteiger partial charge >= 0.3 is 0 Å². The largest absolute Gasteiger partial charge is 0.496 e. The number of nitrogens with zero attached hydrogens (tertiary/aromatic N) is 1. The lowest BCUT2D eigenvalue weighted by atomic mass is 10.1. The second-order valence-corrected chi connectivity index (χ2v) is 6.16. The Balaban J connectivity index is 1.80. The molecular weight excluding hydrogens is 334 g/mol. The van der Waals surface area contributed by atoms with Crippen molar-refractivity contribution in [3.8, 4) is 17.0 Å². The molecule has 3 aromatic rings. The van der Waals surface area contributed by atoms with Gasteiger partial charge in [-0.05, 0) is 31.2 Å². The third kappa shape index (κ3) is 3.97. The first-order valence-electron chi connectivity index (χ1n) is 7.95. The highest BCUT2D eigenvalue weighted by atomic mass is 32.1. The van der Waals surface area contributed by atoms with Crippen LogP contribution in [0, 0.1) is 0 Å². The Morgan fingerprint density at radius 3 is 2.84 bits per heavy atom. The van der Waals surface area contributed by atoms with Gasteiger partial charge in [0.05, 0.1) is 18.4 Å². The van der Waals surface area contributed by atoms with Crippen LogP contribution in [-0.4, -0.2) is 24.5 Å². The van der Waals surface area contributed by atoms with Crippen LogP contribution in [0.1, 0.15) is 17.3 Å². The molecule has 0 fully saturated rings. The van der Waals surface area contributed by atoms with Crippen molar-refractivity contribution < 1.29 is 9.53 Å². The Morgan fingerprint density at radius 2 is 2.04 bits per heavy atom. The van der Waals surface area contributed by atoms with Gasteiger partial charge in [-0.25, -0.2) is 4.98 Å². The molecule has 2 aromatic carbocycles. The molecule has 0 atom stereocenters. The number of thiazole rings is 1. The number of hydrogen-bond acceptors (Lipinski definition) is 5. The zero-order valence-corrected chi connectivity index (χ0v) is 14.9. The highest BCUT2D eigenvalue weighted by Crippen LogP contribution is 2.27. The molecule has 0 aliphatic heterocycles. The first-order chi connectivity index (χ1) is 12.2. The molecule has 0 aliphatic carbocycles. The molecule has 0 unspecified atom stereocenters. The number of methoxy groups -OCH3 is 1. The number of aromatic nitrogens is 1. The van der Waals surface area contributed by atoms with Crippen molar-refractivity contribution >= 4 is 28.1 Å². The summed E-state index contributed by atoms with van der Waals surface area (Å²) in [6, 6.07) is 14.8. The Labute approximate surface area is 150 Å². The van der Waals surface area contributed by atoms with E-state index in [1.54, 1.807) is 30.6 Å². The summed E-state index contributed by atoms with van der Waals surface area (Å²) in [6.45, 7) is 2.87. The Kier molecular flexibility index (Phi) is 5.30. The maximum Gasteiger partial charge on any atom is 0.259 e. The molecule has 3 rings (SSSR count). The van der Waals surface area contributed by atoms with Gasteiger partial charge in [-0.3, -0.25) is 4.79 Å². The number of anilines is 2. The number of ether oxygens (including phenoxy) is 1. The molecule has 1 aromatic heterocycles. The highest BCUT2D eigenvalue weighted by Gasteiger charge is 2.12. The van der Waals surface area contributed by atoms with Gasteiger partial charge in [-0.15, -0.1) is 11.3 Å². The van der Waals surface area contributed by atoms with Crippen LogP contribution < -0.4 is 15.4 Å². The Hall–Kier alpha value is -2.86. The molecule has 6 heteroatoms. The van der Waals surface area contributed by atoms with E-state index in [9.17, 15) is 4.79 Å². The molecule has 1 heterocycles. The summed E-state index contributed by atoms with van der Waals surface area (Å²) >= 11 is 1.56. The number of carbonyl (C=O) groups excluding carboxylic acids is 1. The predicted octanol–water partition coefficient (Wildman–Crippen LogP) is 4.50. The lowest BCUT2D eigenvalue weighted by Crippen LogP contribution is -2.13. The predicted molar refractivity (Wildman–Crippen MR) is 103 cm³/mol. The summed E-state index contributed by atoms with van der Waals surface area (Å²) in [5, 5.41) is 9.01. The second kappa shape index (κ2) is 7.81. The summed E-state index contributed by atoms with van der Waals surface area (Å²) in [4.78, 5) is 17.1. The van der Waals surface area contributed by atoms with Crippen molar-refractivity contribution in [2.45, 2.75) is 6.92 Å². The van der Waals surface area contributed by atoms with Gasteiger partial charge in [-0.2, -0.15) is 0 Å². The number of amides is 1. The van der Waals surface area contributed by atoms with Crippen LogP contribution in [0.15, 0.2) is 53.9 Å². The molecule has 128 valence electrons. The topological polar surface area (TPSA) is 63.2 Å². The molecule has 0 radical (unpaired) electrons. The van der Waals surface area contributed by atoms with Crippen molar-refractivity contribution in [2.24, 2.45) is 0 Å². The van der Waals surface area contributed by atoms with Crippen molar-refractivity contribution in [3.05, 3.63) is 59.5 Å². The Bertz CT molecular complexity index is 876. The minimum absolute atomic E-state index is 0.207. The molecule has 1 amide bonds. The number of hydrogen-bond donors (Lipinski definition) is 2. The zero-order chi connectivity index (χ0) is 17.6. The lowest BCUT2D eigenvalue weighted by Gasteiger charge is -2.09. The number of para-hydroxylation sites is 1. The maximum absolute atomic E-state index is 12.5. The van der Waals surface area contributed by atoms with Gasteiger partial charge in [0.2, 0.25) is 0 Å². The van der Waals surface area contributed by atoms with E-state index in [4.69, 9.17) is 4.74 Å². The minimum Gasteiger partial charge on any atom is -0.496 e. The third-order valence-corrected chi connectivity index (χ3v) is 4.40. The fourth-order valence-corrected chi connectivity index (χ4v) is 3.22. The van der Waals surface area contributed by atoms with Crippen LogP contribution in [0.4, 0.5) is 10.8 Å². The van der Waals surface area contributed by atoms with Crippen LogP contribution in [0.25, 0.3) is 11.3 Å². The van der Waals surface area contributed by atoms with E-state index in [0.29, 0.717) is 17.0 Å². The number of nitrogens with one attached hydrogen (secondary N) is 2. The van der Waals surface area contributed by atoms with Crippen LogP contribution in [0.3, 0.4) is 0 Å². The molecule has 0 saturated heterocycles. The van der Waals surface area contributed by atoms with Gasteiger partial charge in [0, 0.05) is 23.2 Å². The lowest BCUT2D eigenvalue weighted by molar-refractivity contribution is 0.102. The van der Waals surface area contributed by atoms with E-state index in [1.165, 1.54) is 0 Å². The van der Waals surface area contributed by atoms with Gasteiger partial charge in [-0.1, -0.05) is 24.3 Å². The number of carbonyl (C=O) groups is 1. The molecule has 0 spiro atoms. The minimum atomic E-state index is -0.207. The maximum atomic E-state index is 12.5. The van der Waals surface area contributed by atoms with E-state index >= 15 is 0 Å². The van der Waals surface area contributed by atoms with Crippen molar-refractivity contribution in [1.82, 2.24) is 4.98 Å². The van der Waals surface area contributed by atoms with E-state index in [2.05, 4.69) is 15.6 Å².